The molecule has 0 saturated carbocycles. The zero-order valence-corrected chi connectivity index (χ0v) is 12.3. The Balaban J connectivity index is 1.92. The maximum atomic E-state index is 6.54. The molecule has 0 unspecified atom stereocenters. The van der Waals surface area contributed by atoms with Gasteiger partial charge in [0.1, 0.15) is 0 Å². The molecule has 9 heteroatoms. The van der Waals surface area contributed by atoms with Crippen molar-refractivity contribution in [3.63, 3.8) is 0 Å². The van der Waals surface area contributed by atoms with E-state index in [1.807, 2.05) is 0 Å². The number of nitrogens with zero attached hydrogens (tertiary/aromatic N) is 3. The molecule has 3 heterocycles. The van der Waals surface area contributed by atoms with E-state index in [4.69, 9.17) is 33.6 Å². The van der Waals surface area contributed by atoms with Crippen LogP contribution in [0.3, 0.4) is 0 Å². The Morgan fingerprint density at radius 2 is 1.69 bits per heavy atom. The first-order valence-electron chi connectivity index (χ1n) is 5.88. The van der Waals surface area contributed by atoms with Crippen LogP contribution in [-0.2, 0) is 0 Å². The predicted octanol–water partition coefficient (Wildman–Crippen LogP) is 1.38. The van der Waals surface area contributed by atoms with Crippen LogP contribution in [0.1, 0.15) is 12.8 Å². The SMILES string of the molecule is ClB1C[Si](Cl)(Cl)N2CCCN3CCCN1B32. The van der Waals surface area contributed by atoms with Crippen LogP contribution in [0.25, 0.3) is 0 Å². The second kappa shape index (κ2) is 4.33. The summed E-state index contributed by atoms with van der Waals surface area (Å²) >= 11 is 19.5. The lowest BCUT2D eigenvalue weighted by Crippen LogP contribution is -2.79. The molecule has 3 saturated heterocycles. The molecule has 0 radical (unpaired) electrons. The third-order valence-corrected chi connectivity index (χ3v) is 8.87. The van der Waals surface area contributed by atoms with Crippen LogP contribution in [0.15, 0.2) is 0 Å². The standard InChI is InChI=1S/C7H14B2Cl3N3Si/c10-8-7-16(11,12)15-6-2-4-13-3-1-5-14(8)9(13)15/h1-7H2. The van der Waals surface area contributed by atoms with Gasteiger partial charge in [-0.15, -0.1) is 22.2 Å². The Morgan fingerprint density at radius 3 is 2.44 bits per heavy atom. The van der Waals surface area contributed by atoms with Gasteiger partial charge in [0.05, 0.1) is 0 Å². The first-order chi connectivity index (χ1) is 7.59. The topological polar surface area (TPSA) is 9.72 Å². The summed E-state index contributed by atoms with van der Waals surface area (Å²) in [6.07, 6.45) is 2.39. The second-order valence-electron chi connectivity index (χ2n) is 4.83. The van der Waals surface area contributed by atoms with Crippen molar-refractivity contribution in [2.24, 2.45) is 0 Å². The Labute approximate surface area is 113 Å². The second-order valence-corrected chi connectivity index (χ2v) is 12.0. The van der Waals surface area contributed by atoms with Gasteiger partial charge in [0.25, 0.3) is 0 Å². The summed E-state index contributed by atoms with van der Waals surface area (Å²) in [5, 5.41) is 0. The van der Waals surface area contributed by atoms with E-state index < -0.39 is 6.86 Å². The molecule has 0 aromatic heterocycles. The maximum Gasteiger partial charge on any atom is 0.387 e. The maximum absolute atomic E-state index is 6.54. The van der Waals surface area contributed by atoms with Gasteiger partial charge < -0.3 is 14.0 Å². The predicted molar refractivity (Wildman–Crippen MR) is 73.8 cm³/mol. The third kappa shape index (κ3) is 1.87. The molecule has 3 aliphatic rings. The highest BCUT2D eigenvalue weighted by atomic mass is 35.7. The molecule has 3 nitrogen and oxygen atoms in total. The Hall–Kier alpha value is 1.10. The molecule has 0 aliphatic carbocycles. The van der Waals surface area contributed by atoms with Crippen LogP contribution < -0.4 is 0 Å². The number of halogens is 3. The lowest BCUT2D eigenvalue weighted by atomic mass is 9.70. The van der Waals surface area contributed by atoms with Gasteiger partial charge in [-0.25, -0.2) is 0 Å². The van der Waals surface area contributed by atoms with Crippen molar-refractivity contribution < 1.29 is 0 Å². The highest BCUT2D eigenvalue weighted by Crippen LogP contribution is 2.38. The van der Waals surface area contributed by atoms with E-state index in [1.54, 1.807) is 0 Å². The quantitative estimate of drug-likeness (QED) is 0.494. The molecule has 16 heavy (non-hydrogen) atoms. The summed E-state index contributed by atoms with van der Waals surface area (Å²) < 4.78 is 4.69. The zero-order valence-electron chi connectivity index (χ0n) is 9.08. The van der Waals surface area contributed by atoms with E-state index in [1.165, 1.54) is 12.8 Å². The summed E-state index contributed by atoms with van der Waals surface area (Å²) in [6.45, 7) is 2.09. The molecule has 0 spiro atoms. The molecular weight excluding hydrogens is 282 g/mol. The van der Waals surface area contributed by atoms with Crippen LogP contribution in [0.4, 0.5) is 0 Å². The minimum absolute atomic E-state index is 0.0174. The molecule has 3 fully saturated rings. The van der Waals surface area contributed by atoms with Gasteiger partial charge in [-0.1, -0.05) is 0 Å². The Morgan fingerprint density at radius 1 is 1.00 bits per heavy atom. The minimum atomic E-state index is -2.32. The number of hydrogen-bond acceptors (Lipinski definition) is 3. The molecular formula is C7H14B2Cl3N3Si. The van der Waals surface area contributed by atoms with Gasteiger partial charge in [-0.05, 0) is 45.0 Å². The van der Waals surface area contributed by atoms with Crippen molar-refractivity contribution >= 4 is 53.9 Å². The van der Waals surface area contributed by atoms with Crippen molar-refractivity contribution in [1.29, 1.82) is 0 Å². The van der Waals surface area contributed by atoms with Gasteiger partial charge in [0.15, 0.2) is 0 Å². The van der Waals surface area contributed by atoms with E-state index in [2.05, 4.69) is 14.0 Å². The van der Waals surface area contributed by atoms with Crippen molar-refractivity contribution in [3.8, 4) is 0 Å². The average Bonchev–Trinajstić information content (AvgIpc) is 2.25. The summed E-state index contributed by atoms with van der Waals surface area (Å²) in [6, 6.07) is 0. The highest BCUT2D eigenvalue weighted by molar-refractivity contribution is 7.49. The van der Waals surface area contributed by atoms with E-state index in [0.29, 0.717) is 0 Å². The average molecular weight is 296 g/mol. The fourth-order valence-electron chi connectivity index (χ4n) is 3.11. The van der Waals surface area contributed by atoms with Crippen molar-refractivity contribution in [2.75, 3.05) is 26.2 Å². The van der Waals surface area contributed by atoms with Gasteiger partial charge in [0.2, 0.25) is 0 Å². The molecule has 3 aliphatic heterocycles. The molecule has 88 valence electrons. The van der Waals surface area contributed by atoms with Crippen LogP contribution in [0.5, 0.6) is 0 Å². The first kappa shape index (κ1) is 12.1. The van der Waals surface area contributed by atoms with Gasteiger partial charge >= 0.3 is 20.2 Å². The van der Waals surface area contributed by atoms with E-state index in [0.717, 1.165) is 32.1 Å². The normalized spacial score (nSPS) is 31.7. The fraction of sp³-hybridized carbons (Fsp3) is 1.00. The number of rotatable bonds is 0. The fourth-order valence-corrected chi connectivity index (χ4v) is 8.37. The van der Waals surface area contributed by atoms with Crippen LogP contribution >= 0.6 is 33.6 Å². The monoisotopic (exact) mass is 295 g/mol. The Kier molecular flexibility index (Phi) is 3.29. The van der Waals surface area contributed by atoms with Crippen LogP contribution in [-0.4, -0.2) is 60.4 Å². The minimum Gasteiger partial charge on any atom is -0.342 e. The van der Waals surface area contributed by atoms with Gasteiger partial charge in [-0.2, -0.15) is 11.5 Å². The summed E-state index contributed by atoms with van der Waals surface area (Å²) in [5.74, 6) is 0.752. The largest absolute Gasteiger partial charge is 0.387 e. The lowest BCUT2D eigenvalue weighted by molar-refractivity contribution is 0.264. The molecule has 0 aromatic rings. The molecule has 0 aromatic carbocycles. The summed E-state index contributed by atoms with van der Waals surface area (Å²) in [7, 11) is 0.278. The van der Waals surface area contributed by atoms with Gasteiger partial charge in [0, 0.05) is 0 Å². The van der Waals surface area contributed by atoms with E-state index >= 15 is 0 Å². The number of hydrogen-bond donors (Lipinski definition) is 0. The van der Waals surface area contributed by atoms with Crippen molar-refractivity contribution in [2.45, 2.75) is 18.8 Å². The lowest BCUT2D eigenvalue weighted by Gasteiger charge is -2.56. The van der Waals surface area contributed by atoms with Crippen molar-refractivity contribution in [1.82, 2.24) is 14.0 Å². The zero-order chi connectivity index (χ0) is 11.3. The van der Waals surface area contributed by atoms with E-state index in [9.17, 15) is 0 Å². The smallest absolute Gasteiger partial charge is 0.342 e. The molecule has 0 bridgehead atoms. The van der Waals surface area contributed by atoms with Gasteiger partial charge in [-0.3, -0.25) is 0 Å². The highest BCUT2D eigenvalue weighted by Gasteiger charge is 2.58. The molecule has 3 rings (SSSR count). The van der Waals surface area contributed by atoms with E-state index in [-0.39, 0.29) is 13.4 Å². The van der Waals surface area contributed by atoms with Crippen LogP contribution in [0.2, 0.25) is 5.94 Å². The molecule has 0 amide bonds. The Bertz CT molecular complexity index is 296. The van der Waals surface area contributed by atoms with Crippen LogP contribution in [0, 0.1) is 0 Å². The molecule has 0 N–H and O–H groups in total. The first-order valence-corrected chi connectivity index (χ1v) is 10.5. The summed E-state index contributed by atoms with van der Waals surface area (Å²) in [5.41, 5.74) is 0. The summed E-state index contributed by atoms with van der Waals surface area (Å²) in [4.78, 5) is 2.48. The molecule has 0 atom stereocenters. The van der Waals surface area contributed by atoms with Crippen molar-refractivity contribution in [3.05, 3.63) is 0 Å². The third-order valence-electron chi connectivity index (χ3n) is 3.80.